The van der Waals surface area contributed by atoms with Crippen LogP contribution in [0, 0.1) is 11.7 Å². The molecule has 0 aromatic heterocycles. The van der Waals surface area contributed by atoms with Crippen LogP contribution in [0.3, 0.4) is 0 Å². The summed E-state index contributed by atoms with van der Waals surface area (Å²) in [5, 5.41) is 21.6. The third-order valence-electron chi connectivity index (χ3n) is 4.30. The zero-order valence-corrected chi connectivity index (χ0v) is 11.1. The summed E-state index contributed by atoms with van der Waals surface area (Å²) in [4.78, 5) is 13.2. The van der Waals surface area contributed by atoms with Crippen LogP contribution >= 0.6 is 0 Å². The second-order valence-electron chi connectivity index (χ2n) is 5.49. The molecule has 0 spiro atoms. The van der Waals surface area contributed by atoms with Crippen LogP contribution < -0.4 is 10.2 Å². The minimum atomic E-state index is -1.31. The smallest absolute Gasteiger partial charge is 0.257 e. The Balaban J connectivity index is 2.00. The van der Waals surface area contributed by atoms with Crippen LogP contribution in [0.2, 0.25) is 0 Å². The lowest BCUT2D eigenvalue weighted by molar-refractivity contribution is -0.123. The first kappa shape index (κ1) is 13.3. The van der Waals surface area contributed by atoms with Gasteiger partial charge in [-0.3, -0.25) is 4.79 Å². The largest absolute Gasteiger partial charge is 0.394 e. The van der Waals surface area contributed by atoms with Crippen LogP contribution in [0.15, 0.2) is 12.1 Å². The van der Waals surface area contributed by atoms with E-state index < -0.39 is 17.8 Å². The SMILES string of the molecule is CC1CCN(c2cc3c(cc2F)C(O)C(=O)N3)C1CO. The van der Waals surface area contributed by atoms with Crippen molar-refractivity contribution in [2.45, 2.75) is 25.5 Å². The van der Waals surface area contributed by atoms with Gasteiger partial charge >= 0.3 is 0 Å². The molecule has 3 atom stereocenters. The van der Waals surface area contributed by atoms with E-state index in [1.54, 1.807) is 6.07 Å². The van der Waals surface area contributed by atoms with Crippen LogP contribution in [0.5, 0.6) is 0 Å². The number of aliphatic hydroxyl groups excluding tert-OH is 2. The minimum Gasteiger partial charge on any atom is -0.394 e. The van der Waals surface area contributed by atoms with Crippen molar-refractivity contribution in [3.05, 3.63) is 23.5 Å². The first-order chi connectivity index (χ1) is 9.52. The van der Waals surface area contributed by atoms with Gasteiger partial charge in [0, 0.05) is 17.8 Å². The van der Waals surface area contributed by atoms with Gasteiger partial charge in [-0.2, -0.15) is 0 Å². The Kier molecular flexibility index (Phi) is 3.14. The number of hydrogen-bond acceptors (Lipinski definition) is 4. The summed E-state index contributed by atoms with van der Waals surface area (Å²) < 4.78 is 14.3. The van der Waals surface area contributed by atoms with Gasteiger partial charge in [0.05, 0.1) is 18.3 Å². The quantitative estimate of drug-likeness (QED) is 0.756. The van der Waals surface area contributed by atoms with E-state index in [2.05, 4.69) is 5.32 Å². The van der Waals surface area contributed by atoms with Gasteiger partial charge in [-0.25, -0.2) is 4.39 Å². The molecule has 2 aliphatic rings. The molecule has 2 aliphatic heterocycles. The Morgan fingerprint density at radius 3 is 2.95 bits per heavy atom. The predicted molar refractivity (Wildman–Crippen MR) is 72.0 cm³/mol. The van der Waals surface area contributed by atoms with Crippen LogP contribution in [-0.4, -0.2) is 35.3 Å². The summed E-state index contributed by atoms with van der Waals surface area (Å²) in [6.07, 6.45) is -0.420. The van der Waals surface area contributed by atoms with Gasteiger partial charge < -0.3 is 20.4 Å². The van der Waals surface area contributed by atoms with Gasteiger partial charge in [-0.15, -0.1) is 0 Å². The Bertz CT molecular complexity index is 564. The topological polar surface area (TPSA) is 72.8 Å². The molecule has 3 rings (SSSR count). The lowest BCUT2D eigenvalue weighted by Crippen LogP contribution is -2.35. The maximum absolute atomic E-state index is 14.3. The summed E-state index contributed by atoms with van der Waals surface area (Å²) >= 11 is 0. The Morgan fingerprint density at radius 1 is 1.50 bits per heavy atom. The first-order valence-electron chi connectivity index (χ1n) is 6.72. The molecular formula is C14H17FN2O3. The lowest BCUT2D eigenvalue weighted by atomic mass is 10.0. The van der Waals surface area contributed by atoms with E-state index in [4.69, 9.17) is 0 Å². The first-order valence-corrected chi connectivity index (χ1v) is 6.72. The molecule has 1 fully saturated rings. The zero-order chi connectivity index (χ0) is 14.4. The number of anilines is 2. The molecule has 1 aromatic rings. The maximum Gasteiger partial charge on any atom is 0.257 e. The molecular weight excluding hydrogens is 263 g/mol. The number of benzene rings is 1. The number of fused-ring (bicyclic) bond motifs is 1. The maximum atomic E-state index is 14.3. The minimum absolute atomic E-state index is 0.0350. The van der Waals surface area contributed by atoms with E-state index in [0.29, 0.717) is 17.9 Å². The number of amides is 1. The van der Waals surface area contributed by atoms with Crippen molar-refractivity contribution in [2.75, 3.05) is 23.4 Å². The lowest BCUT2D eigenvalue weighted by Gasteiger charge is -2.28. The monoisotopic (exact) mass is 280 g/mol. The molecule has 1 amide bonds. The van der Waals surface area contributed by atoms with Crippen molar-refractivity contribution in [2.24, 2.45) is 5.92 Å². The van der Waals surface area contributed by atoms with Crippen molar-refractivity contribution in [3.63, 3.8) is 0 Å². The van der Waals surface area contributed by atoms with Crippen LogP contribution in [0.4, 0.5) is 15.8 Å². The molecule has 6 heteroatoms. The molecule has 108 valence electrons. The van der Waals surface area contributed by atoms with Gasteiger partial charge in [0.25, 0.3) is 5.91 Å². The van der Waals surface area contributed by atoms with Crippen LogP contribution in [0.1, 0.15) is 25.0 Å². The van der Waals surface area contributed by atoms with Crippen LogP contribution in [0.25, 0.3) is 0 Å². The predicted octanol–water partition coefficient (Wildman–Crippen LogP) is 1.02. The zero-order valence-electron chi connectivity index (χ0n) is 11.1. The van der Waals surface area contributed by atoms with E-state index >= 15 is 0 Å². The summed E-state index contributed by atoms with van der Waals surface area (Å²) in [6.45, 7) is 2.66. The highest BCUT2D eigenvalue weighted by molar-refractivity contribution is 6.02. The Hall–Kier alpha value is -1.66. The van der Waals surface area contributed by atoms with Gasteiger partial charge in [0.2, 0.25) is 0 Å². The molecule has 20 heavy (non-hydrogen) atoms. The fourth-order valence-corrected chi connectivity index (χ4v) is 3.06. The normalized spacial score (nSPS) is 28.7. The molecule has 0 bridgehead atoms. The third-order valence-corrected chi connectivity index (χ3v) is 4.30. The van der Waals surface area contributed by atoms with Crippen molar-refractivity contribution in [3.8, 4) is 0 Å². The molecule has 0 saturated carbocycles. The standard InChI is InChI=1S/C14H17FN2O3/c1-7-2-3-17(12(7)6-18)11-5-10-8(4-9(11)15)13(19)14(20)16-10/h4-5,7,12-13,18-19H,2-3,6H2,1H3,(H,16,20). The number of nitrogens with zero attached hydrogens (tertiary/aromatic N) is 1. The Labute approximate surface area is 116 Å². The fourth-order valence-electron chi connectivity index (χ4n) is 3.06. The van der Waals surface area contributed by atoms with E-state index in [-0.39, 0.29) is 24.1 Å². The number of hydrogen-bond donors (Lipinski definition) is 3. The fraction of sp³-hybridized carbons (Fsp3) is 0.500. The number of carbonyl (C=O) groups excluding carboxylic acids is 1. The number of nitrogens with one attached hydrogen (secondary N) is 1. The third kappa shape index (κ3) is 1.87. The molecule has 3 unspecified atom stereocenters. The molecule has 1 saturated heterocycles. The van der Waals surface area contributed by atoms with E-state index in [9.17, 15) is 19.4 Å². The van der Waals surface area contributed by atoms with Crippen molar-refractivity contribution in [1.82, 2.24) is 0 Å². The highest BCUT2D eigenvalue weighted by atomic mass is 19.1. The second kappa shape index (κ2) is 4.71. The number of carbonyl (C=O) groups is 1. The van der Waals surface area contributed by atoms with Crippen molar-refractivity contribution < 1.29 is 19.4 Å². The molecule has 2 heterocycles. The van der Waals surface area contributed by atoms with Crippen molar-refractivity contribution in [1.29, 1.82) is 0 Å². The van der Waals surface area contributed by atoms with E-state index in [1.807, 2.05) is 11.8 Å². The highest BCUT2D eigenvalue weighted by Crippen LogP contribution is 2.38. The second-order valence-corrected chi connectivity index (χ2v) is 5.49. The number of halogens is 1. The highest BCUT2D eigenvalue weighted by Gasteiger charge is 2.35. The molecule has 1 aromatic carbocycles. The van der Waals surface area contributed by atoms with Crippen molar-refractivity contribution >= 4 is 17.3 Å². The van der Waals surface area contributed by atoms with Gasteiger partial charge in [0.1, 0.15) is 5.82 Å². The summed E-state index contributed by atoms with van der Waals surface area (Å²) in [7, 11) is 0. The van der Waals surface area contributed by atoms with Gasteiger partial charge in [-0.1, -0.05) is 6.92 Å². The van der Waals surface area contributed by atoms with E-state index in [0.717, 1.165) is 6.42 Å². The summed E-state index contributed by atoms with van der Waals surface area (Å²) in [5.41, 5.74) is 1.07. The summed E-state index contributed by atoms with van der Waals surface area (Å²) in [6, 6.07) is 2.62. The molecule has 3 N–H and O–H groups in total. The van der Waals surface area contributed by atoms with E-state index in [1.165, 1.54) is 6.07 Å². The average Bonchev–Trinajstić information content (AvgIpc) is 2.91. The number of rotatable bonds is 2. The van der Waals surface area contributed by atoms with Gasteiger partial charge in [0.15, 0.2) is 6.10 Å². The summed E-state index contributed by atoms with van der Waals surface area (Å²) in [5.74, 6) is -0.732. The Morgan fingerprint density at radius 2 is 2.25 bits per heavy atom. The molecule has 0 radical (unpaired) electrons. The van der Waals surface area contributed by atoms with Crippen LogP contribution in [-0.2, 0) is 4.79 Å². The molecule has 5 nitrogen and oxygen atoms in total. The average molecular weight is 280 g/mol. The molecule has 0 aliphatic carbocycles. The van der Waals surface area contributed by atoms with Gasteiger partial charge in [-0.05, 0) is 24.5 Å². The number of aliphatic hydroxyl groups is 2.